The molecule has 2 rings (SSSR count). The SMILES string of the molecule is O=C(OC(F)(F)C(F)(F)C(F)(F)F)c1cc2ccccc2s1. The average molecular weight is 346 g/mol. The number of carbonyl (C=O) groups is 1. The second-order valence-electron chi connectivity index (χ2n) is 4.13. The molecule has 0 radical (unpaired) electrons. The minimum Gasteiger partial charge on any atom is -0.392 e. The van der Waals surface area contributed by atoms with Crippen molar-refractivity contribution in [2.24, 2.45) is 0 Å². The van der Waals surface area contributed by atoms with Gasteiger partial charge in [0.2, 0.25) is 0 Å². The number of fused-ring (bicyclic) bond motifs is 1. The number of ether oxygens (including phenoxy) is 1. The first-order valence-corrected chi connectivity index (χ1v) is 6.31. The smallest absolute Gasteiger partial charge is 0.392 e. The Hall–Kier alpha value is -1.84. The number of alkyl halides is 7. The number of benzene rings is 1. The Morgan fingerprint density at radius 3 is 2.14 bits per heavy atom. The van der Waals surface area contributed by atoms with Gasteiger partial charge in [-0.15, -0.1) is 11.3 Å². The minimum atomic E-state index is -6.56. The molecule has 0 N–H and O–H groups in total. The van der Waals surface area contributed by atoms with Gasteiger partial charge in [0.05, 0.1) is 0 Å². The number of thiophene rings is 1. The molecule has 0 fully saturated rings. The van der Waals surface area contributed by atoms with Gasteiger partial charge in [-0.2, -0.15) is 30.7 Å². The molecule has 0 amide bonds. The third-order valence-electron chi connectivity index (χ3n) is 2.57. The quantitative estimate of drug-likeness (QED) is 0.587. The summed E-state index contributed by atoms with van der Waals surface area (Å²) < 4.78 is 90.6. The second kappa shape index (κ2) is 5.11. The molecule has 2 aromatic rings. The van der Waals surface area contributed by atoms with Crippen molar-refractivity contribution < 1.29 is 40.3 Å². The molecule has 0 aliphatic rings. The summed E-state index contributed by atoms with van der Waals surface area (Å²) >= 11 is 0.630. The van der Waals surface area contributed by atoms with Crippen LogP contribution in [-0.4, -0.2) is 24.2 Å². The molecular formula is C12H5F7O2S. The molecule has 10 heteroatoms. The van der Waals surface area contributed by atoms with Crippen molar-refractivity contribution in [1.29, 1.82) is 0 Å². The zero-order valence-corrected chi connectivity index (χ0v) is 11.1. The molecule has 22 heavy (non-hydrogen) atoms. The van der Waals surface area contributed by atoms with Crippen molar-refractivity contribution in [3.63, 3.8) is 0 Å². The summed E-state index contributed by atoms with van der Waals surface area (Å²) in [6.45, 7) is 0. The normalized spacial score (nSPS) is 13.4. The van der Waals surface area contributed by atoms with Crippen LogP contribution < -0.4 is 0 Å². The van der Waals surface area contributed by atoms with E-state index >= 15 is 0 Å². The van der Waals surface area contributed by atoms with Crippen LogP contribution in [0.4, 0.5) is 30.7 Å². The Balaban J connectivity index is 2.27. The lowest BCUT2D eigenvalue weighted by molar-refractivity contribution is -0.409. The second-order valence-corrected chi connectivity index (χ2v) is 5.21. The van der Waals surface area contributed by atoms with Gasteiger partial charge in [-0.3, -0.25) is 0 Å². The fraction of sp³-hybridized carbons (Fsp3) is 0.250. The number of hydrogen-bond acceptors (Lipinski definition) is 3. The molecule has 0 saturated carbocycles. The lowest BCUT2D eigenvalue weighted by Gasteiger charge is -2.26. The molecule has 2 nitrogen and oxygen atoms in total. The maximum absolute atomic E-state index is 13.0. The lowest BCUT2D eigenvalue weighted by Crippen LogP contribution is -2.54. The Bertz CT molecular complexity index is 672. The van der Waals surface area contributed by atoms with E-state index in [0.717, 1.165) is 6.07 Å². The Morgan fingerprint density at radius 2 is 1.59 bits per heavy atom. The highest BCUT2D eigenvalue weighted by atomic mass is 32.1. The van der Waals surface area contributed by atoms with Gasteiger partial charge in [0.15, 0.2) is 0 Å². The van der Waals surface area contributed by atoms with Crippen LogP contribution in [0.15, 0.2) is 30.3 Å². The van der Waals surface area contributed by atoms with Gasteiger partial charge < -0.3 is 4.74 Å². The van der Waals surface area contributed by atoms with E-state index in [4.69, 9.17) is 0 Å². The van der Waals surface area contributed by atoms with Crippen LogP contribution in [0, 0.1) is 0 Å². The molecule has 0 spiro atoms. The summed E-state index contributed by atoms with van der Waals surface area (Å²) in [6, 6.07) is 7.21. The Labute approximate surface area is 122 Å². The van der Waals surface area contributed by atoms with Crippen LogP contribution in [0.3, 0.4) is 0 Å². The summed E-state index contributed by atoms with van der Waals surface area (Å²) in [5, 5.41) is 0.436. The predicted octanol–water partition coefficient (Wildman–Crippen LogP) is 4.85. The van der Waals surface area contributed by atoms with Gasteiger partial charge in [-0.1, -0.05) is 18.2 Å². The van der Waals surface area contributed by atoms with Crippen LogP contribution in [0.25, 0.3) is 10.1 Å². The predicted molar refractivity (Wildman–Crippen MR) is 63.2 cm³/mol. The summed E-state index contributed by atoms with van der Waals surface area (Å²) in [5.41, 5.74) is 0. The van der Waals surface area contributed by atoms with Gasteiger partial charge in [0.25, 0.3) is 0 Å². The van der Waals surface area contributed by atoms with Crippen LogP contribution in [0.2, 0.25) is 0 Å². The molecule has 1 aromatic heterocycles. The Morgan fingerprint density at radius 1 is 1.00 bits per heavy atom. The maximum atomic E-state index is 13.0. The summed E-state index contributed by atoms with van der Waals surface area (Å²) in [4.78, 5) is 10.9. The Kier molecular flexibility index (Phi) is 3.84. The standard InChI is InChI=1S/C12H5F7O2S/c13-10(14,11(15,16)17)12(18,19)21-9(20)8-5-6-3-1-2-4-7(6)22-8/h1-5H. The van der Waals surface area contributed by atoms with E-state index in [1.807, 2.05) is 0 Å². The highest BCUT2D eigenvalue weighted by Crippen LogP contribution is 2.47. The molecule has 0 aliphatic heterocycles. The number of halogens is 7. The first kappa shape index (κ1) is 16.5. The molecule has 0 unspecified atom stereocenters. The van der Waals surface area contributed by atoms with Gasteiger partial charge >= 0.3 is 24.2 Å². The van der Waals surface area contributed by atoms with Crippen LogP contribution in [-0.2, 0) is 4.74 Å². The van der Waals surface area contributed by atoms with Crippen molar-refractivity contribution in [3.05, 3.63) is 35.2 Å². The summed E-state index contributed by atoms with van der Waals surface area (Å²) in [6.07, 6.45) is -12.6. The number of hydrogen-bond donors (Lipinski definition) is 0. The van der Waals surface area contributed by atoms with Crippen molar-refractivity contribution in [2.45, 2.75) is 18.2 Å². The number of rotatable bonds is 3. The summed E-state index contributed by atoms with van der Waals surface area (Å²) in [7, 11) is 0. The summed E-state index contributed by atoms with van der Waals surface area (Å²) in [5.74, 6) is -8.46. The first-order chi connectivity index (χ1) is 9.96. The molecular weight excluding hydrogens is 341 g/mol. The van der Waals surface area contributed by atoms with Crippen molar-refractivity contribution in [1.82, 2.24) is 0 Å². The molecule has 1 heterocycles. The van der Waals surface area contributed by atoms with Gasteiger partial charge in [-0.05, 0) is 17.5 Å². The van der Waals surface area contributed by atoms with Crippen molar-refractivity contribution in [3.8, 4) is 0 Å². The van der Waals surface area contributed by atoms with E-state index in [9.17, 15) is 35.5 Å². The van der Waals surface area contributed by atoms with Crippen LogP contribution >= 0.6 is 11.3 Å². The van der Waals surface area contributed by atoms with E-state index in [1.165, 1.54) is 12.1 Å². The third-order valence-corrected chi connectivity index (χ3v) is 3.67. The van der Waals surface area contributed by atoms with E-state index in [1.54, 1.807) is 12.1 Å². The first-order valence-electron chi connectivity index (χ1n) is 5.50. The lowest BCUT2D eigenvalue weighted by atomic mass is 10.2. The van der Waals surface area contributed by atoms with Crippen LogP contribution in [0.5, 0.6) is 0 Å². The topological polar surface area (TPSA) is 26.3 Å². The molecule has 0 saturated heterocycles. The molecule has 0 bridgehead atoms. The zero-order chi connectivity index (χ0) is 16.8. The van der Waals surface area contributed by atoms with Gasteiger partial charge in [0, 0.05) is 4.70 Å². The third kappa shape index (κ3) is 2.74. The highest BCUT2D eigenvalue weighted by Gasteiger charge is 2.76. The van der Waals surface area contributed by atoms with Gasteiger partial charge in [0.1, 0.15) is 4.88 Å². The number of carbonyl (C=O) groups excluding carboxylic acids is 1. The van der Waals surface area contributed by atoms with E-state index in [2.05, 4.69) is 4.74 Å². The largest absolute Gasteiger partial charge is 0.476 e. The highest BCUT2D eigenvalue weighted by molar-refractivity contribution is 7.20. The average Bonchev–Trinajstić information content (AvgIpc) is 2.80. The van der Waals surface area contributed by atoms with E-state index in [0.29, 0.717) is 21.4 Å². The molecule has 120 valence electrons. The number of esters is 1. The molecule has 0 atom stereocenters. The minimum absolute atomic E-state index is 0.436. The van der Waals surface area contributed by atoms with Gasteiger partial charge in [-0.25, -0.2) is 4.79 Å². The van der Waals surface area contributed by atoms with Crippen LogP contribution in [0.1, 0.15) is 9.67 Å². The van der Waals surface area contributed by atoms with E-state index in [-0.39, 0.29) is 0 Å². The monoisotopic (exact) mass is 346 g/mol. The van der Waals surface area contributed by atoms with Crippen molar-refractivity contribution in [2.75, 3.05) is 0 Å². The zero-order valence-electron chi connectivity index (χ0n) is 10.3. The fourth-order valence-electron chi connectivity index (χ4n) is 1.48. The van der Waals surface area contributed by atoms with Crippen molar-refractivity contribution >= 4 is 27.4 Å². The fourth-order valence-corrected chi connectivity index (χ4v) is 2.42. The molecule has 0 aliphatic carbocycles. The maximum Gasteiger partial charge on any atom is 0.476 e. The molecule has 1 aromatic carbocycles. The van der Waals surface area contributed by atoms with E-state index < -0.39 is 29.1 Å².